The van der Waals surface area contributed by atoms with Crippen molar-refractivity contribution in [3.63, 3.8) is 0 Å². The average molecular weight is 274 g/mol. The molecule has 0 spiro atoms. The van der Waals surface area contributed by atoms with Crippen molar-refractivity contribution in [3.05, 3.63) is 24.3 Å². The third-order valence-corrected chi connectivity index (χ3v) is 4.27. The predicted octanol–water partition coefficient (Wildman–Crippen LogP) is 4.27. The van der Waals surface area contributed by atoms with Gasteiger partial charge in [-0.15, -0.1) is 0 Å². The molecule has 2 rings (SSSR count). The van der Waals surface area contributed by atoms with E-state index < -0.39 is 0 Å². The van der Waals surface area contributed by atoms with Crippen LogP contribution in [0, 0.1) is 11.3 Å². The van der Waals surface area contributed by atoms with Crippen LogP contribution in [0.5, 0.6) is 0 Å². The van der Waals surface area contributed by atoms with E-state index in [1.807, 2.05) is 38.1 Å². The summed E-state index contributed by atoms with van der Waals surface area (Å²) in [7, 11) is 0. The van der Waals surface area contributed by atoms with Crippen LogP contribution in [0.15, 0.2) is 24.3 Å². The van der Waals surface area contributed by atoms with Crippen LogP contribution in [-0.4, -0.2) is 11.9 Å². The van der Waals surface area contributed by atoms with Crippen LogP contribution in [0.25, 0.3) is 0 Å². The van der Waals surface area contributed by atoms with E-state index in [9.17, 15) is 4.79 Å². The summed E-state index contributed by atoms with van der Waals surface area (Å²) >= 11 is 0. The summed E-state index contributed by atoms with van der Waals surface area (Å²) in [6, 6.07) is 8.56. The second-order valence-electron chi connectivity index (χ2n) is 6.80. The van der Waals surface area contributed by atoms with Gasteiger partial charge >= 0.3 is 0 Å². The Morgan fingerprint density at radius 1 is 1.20 bits per heavy atom. The second kappa shape index (κ2) is 5.86. The molecular formula is C17H26N2O. The Morgan fingerprint density at radius 3 is 2.30 bits per heavy atom. The largest absolute Gasteiger partial charge is 0.382 e. The standard InChI is InChI=1S/C17H26N2O/c1-12(2)16(20)19-14-9-7-13(8-10-14)18-15-6-5-11-17(15,3)4/h7-10,12,15,18H,5-6,11H2,1-4H3,(H,19,20). The first kappa shape index (κ1) is 14.9. The number of rotatable bonds is 4. The maximum Gasteiger partial charge on any atom is 0.226 e. The monoisotopic (exact) mass is 274 g/mol. The summed E-state index contributed by atoms with van der Waals surface area (Å²) < 4.78 is 0. The fourth-order valence-corrected chi connectivity index (χ4v) is 2.73. The molecule has 110 valence electrons. The summed E-state index contributed by atoms with van der Waals surface area (Å²) in [6.45, 7) is 8.45. The Hall–Kier alpha value is -1.51. The molecule has 20 heavy (non-hydrogen) atoms. The zero-order valence-corrected chi connectivity index (χ0v) is 13.0. The summed E-state index contributed by atoms with van der Waals surface area (Å²) in [6.07, 6.45) is 3.82. The predicted molar refractivity (Wildman–Crippen MR) is 85.0 cm³/mol. The zero-order chi connectivity index (χ0) is 14.8. The highest BCUT2D eigenvalue weighted by molar-refractivity contribution is 5.92. The van der Waals surface area contributed by atoms with Gasteiger partial charge in [0.1, 0.15) is 0 Å². The van der Waals surface area contributed by atoms with Gasteiger partial charge in [0.25, 0.3) is 0 Å². The molecule has 1 aliphatic rings. The molecule has 1 fully saturated rings. The molecule has 1 unspecified atom stereocenters. The van der Waals surface area contributed by atoms with E-state index in [0.717, 1.165) is 11.4 Å². The molecule has 1 atom stereocenters. The Morgan fingerprint density at radius 2 is 1.80 bits per heavy atom. The third-order valence-electron chi connectivity index (χ3n) is 4.27. The van der Waals surface area contributed by atoms with Crippen molar-refractivity contribution in [3.8, 4) is 0 Å². The average Bonchev–Trinajstić information content (AvgIpc) is 2.71. The molecule has 2 N–H and O–H groups in total. The molecule has 0 aromatic heterocycles. The SMILES string of the molecule is CC(C)C(=O)Nc1ccc(NC2CCCC2(C)C)cc1. The minimum atomic E-state index is 0.00656. The summed E-state index contributed by atoms with van der Waals surface area (Å²) in [5.74, 6) is 0.0646. The summed E-state index contributed by atoms with van der Waals surface area (Å²) in [5.41, 5.74) is 2.36. The number of anilines is 2. The van der Waals surface area contributed by atoms with Crippen molar-refractivity contribution in [2.75, 3.05) is 10.6 Å². The lowest BCUT2D eigenvalue weighted by molar-refractivity contribution is -0.118. The van der Waals surface area contributed by atoms with Crippen LogP contribution < -0.4 is 10.6 Å². The molecule has 0 radical (unpaired) electrons. The highest BCUT2D eigenvalue weighted by Crippen LogP contribution is 2.39. The molecule has 1 saturated carbocycles. The number of hydrogen-bond acceptors (Lipinski definition) is 2. The molecule has 0 heterocycles. The number of carbonyl (C=O) groups excluding carboxylic acids is 1. The van der Waals surface area contributed by atoms with Crippen LogP contribution >= 0.6 is 0 Å². The van der Waals surface area contributed by atoms with Crippen LogP contribution in [0.1, 0.15) is 47.0 Å². The normalized spacial score (nSPS) is 20.9. The first-order valence-corrected chi connectivity index (χ1v) is 7.56. The van der Waals surface area contributed by atoms with Gasteiger partial charge in [0.05, 0.1) is 0 Å². The van der Waals surface area contributed by atoms with E-state index >= 15 is 0 Å². The van der Waals surface area contributed by atoms with Gasteiger partial charge in [-0.05, 0) is 42.5 Å². The molecule has 0 aliphatic heterocycles. The maximum atomic E-state index is 11.6. The first-order chi connectivity index (χ1) is 9.38. The lowest BCUT2D eigenvalue weighted by atomic mass is 9.87. The van der Waals surface area contributed by atoms with Crippen molar-refractivity contribution in [1.29, 1.82) is 0 Å². The van der Waals surface area contributed by atoms with Gasteiger partial charge in [-0.25, -0.2) is 0 Å². The van der Waals surface area contributed by atoms with Gasteiger partial charge in [0.15, 0.2) is 0 Å². The fourth-order valence-electron chi connectivity index (χ4n) is 2.73. The van der Waals surface area contributed by atoms with Crippen molar-refractivity contribution >= 4 is 17.3 Å². The van der Waals surface area contributed by atoms with Crippen LogP contribution in [0.2, 0.25) is 0 Å². The van der Waals surface area contributed by atoms with E-state index in [2.05, 4.69) is 24.5 Å². The quantitative estimate of drug-likeness (QED) is 0.860. The molecule has 3 heteroatoms. The van der Waals surface area contributed by atoms with Crippen LogP contribution in [-0.2, 0) is 4.79 Å². The number of benzene rings is 1. The van der Waals surface area contributed by atoms with E-state index in [1.165, 1.54) is 19.3 Å². The van der Waals surface area contributed by atoms with Gasteiger partial charge in [-0.2, -0.15) is 0 Å². The van der Waals surface area contributed by atoms with Gasteiger partial charge in [0, 0.05) is 23.3 Å². The number of amides is 1. The van der Waals surface area contributed by atoms with Crippen molar-refractivity contribution < 1.29 is 4.79 Å². The molecule has 1 aromatic rings. The lowest BCUT2D eigenvalue weighted by Crippen LogP contribution is -2.30. The van der Waals surface area contributed by atoms with E-state index in [-0.39, 0.29) is 11.8 Å². The smallest absolute Gasteiger partial charge is 0.226 e. The van der Waals surface area contributed by atoms with E-state index in [4.69, 9.17) is 0 Å². The molecular weight excluding hydrogens is 248 g/mol. The van der Waals surface area contributed by atoms with E-state index in [1.54, 1.807) is 0 Å². The lowest BCUT2D eigenvalue weighted by Gasteiger charge is -2.28. The first-order valence-electron chi connectivity index (χ1n) is 7.56. The maximum absolute atomic E-state index is 11.6. The van der Waals surface area contributed by atoms with Gasteiger partial charge in [-0.1, -0.05) is 34.1 Å². The summed E-state index contributed by atoms with van der Waals surface area (Å²) in [5, 5.41) is 6.53. The Labute approximate surface area is 122 Å². The topological polar surface area (TPSA) is 41.1 Å². The van der Waals surface area contributed by atoms with Crippen LogP contribution in [0.4, 0.5) is 11.4 Å². The fraction of sp³-hybridized carbons (Fsp3) is 0.588. The Balaban J connectivity index is 1.96. The van der Waals surface area contributed by atoms with Crippen LogP contribution in [0.3, 0.4) is 0 Å². The van der Waals surface area contributed by atoms with Crippen molar-refractivity contribution in [1.82, 2.24) is 0 Å². The molecule has 1 aliphatic carbocycles. The molecule has 0 bridgehead atoms. The number of hydrogen-bond donors (Lipinski definition) is 2. The number of nitrogens with one attached hydrogen (secondary N) is 2. The van der Waals surface area contributed by atoms with Crippen molar-refractivity contribution in [2.45, 2.75) is 53.0 Å². The Kier molecular flexibility index (Phi) is 4.36. The minimum absolute atomic E-state index is 0.00656. The molecule has 1 amide bonds. The third kappa shape index (κ3) is 3.53. The van der Waals surface area contributed by atoms with E-state index in [0.29, 0.717) is 11.5 Å². The van der Waals surface area contributed by atoms with Gasteiger partial charge in [-0.3, -0.25) is 4.79 Å². The second-order valence-corrected chi connectivity index (χ2v) is 6.80. The Bertz CT molecular complexity index is 462. The minimum Gasteiger partial charge on any atom is -0.382 e. The molecule has 0 saturated heterocycles. The molecule has 3 nitrogen and oxygen atoms in total. The van der Waals surface area contributed by atoms with Gasteiger partial charge in [0.2, 0.25) is 5.91 Å². The highest BCUT2D eigenvalue weighted by atomic mass is 16.1. The zero-order valence-electron chi connectivity index (χ0n) is 13.0. The number of carbonyl (C=O) groups is 1. The highest BCUT2D eigenvalue weighted by Gasteiger charge is 2.34. The van der Waals surface area contributed by atoms with Gasteiger partial charge < -0.3 is 10.6 Å². The summed E-state index contributed by atoms with van der Waals surface area (Å²) in [4.78, 5) is 11.6. The van der Waals surface area contributed by atoms with Crippen molar-refractivity contribution in [2.24, 2.45) is 11.3 Å². The molecule has 1 aromatic carbocycles.